The van der Waals surface area contributed by atoms with Crippen molar-refractivity contribution >= 4 is 5.82 Å². The molecule has 2 fully saturated rings. The van der Waals surface area contributed by atoms with Gasteiger partial charge in [0.2, 0.25) is 5.88 Å². The molecule has 19 heavy (non-hydrogen) atoms. The van der Waals surface area contributed by atoms with E-state index in [1.165, 1.54) is 12.8 Å². The highest BCUT2D eigenvalue weighted by Crippen LogP contribution is 2.38. The van der Waals surface area contributed by atoms with Gasteiger partial charge in [0, 0.05) is 24.2 Å². The van der Waals surface area contributed by atoms with E-state index in [-0.39, 0.29) is 0 Å². The van der Waals surface area contributed by atoms with Gasteiger partial charge in [-0.1, -0.05) is 0 Å². The molecule has 5 heteroatoms. The molecule has 2 bridgehead atoms. The van der Waals surface area contributed by atoms with Crippen molar-refractivity contribution in [2.45, 2.75) is 57.7 Å². The highest BCUT2D eigenvalue weighted by atomic mass is 16.5. The van der Waals surface area contributed by atoms with Gasteiger partial charge in [0.25, 0.3) is 0 Å². The van der Waals surface area contributed by atoms with Crippen molar-refractivity contribution in [3.63, 3.8) is 0 Å². The third-order valence-corrected chi connectivity index (χ3v) is 4.13. The van der Waals surface area contributed by atoms with Crippen LogP contribution in [0.5, 0.6) is 5.88 Å². The van der Waals surface area contributed by atoms with Crippen LogP contribution < -0.4 is 15.4 Å². The first kappa shape index (κ1) is 12.7. The van der Waals surface area contributed by atoms with Gasteiger partial charge in [-0.05, 0) is 39.5 Å². The molecule has 3 rings (SSSR count). The van der Waals surface area contributed by atoms with E-state index in [0.29, 0.717) is 30.6 Å². The highest BCUT2D eigenvalue weighted by molar-refractivity contribution is 5.46. The van der Waals surface area contributed by atoms with Crippen LogP contribution in [0.3, 0.4) is 0 Å². The number of hydrogen-bond donors (Lipinski definition) is 1. The van der Waals surface area contributed by atoms with Crippen LogP contribution in [0.4, 0.5) is 5.82 Å². The van der Waals surface area contributed by atoms with Crippen LogP contribution in [0.15, 0.2) is 6.07 Å². The summed E-state index contributed by atoms with van der Waals surface area (Å²) in [4.78, 5) is 11.4. The number of rotatable bonds is 3. The zero-order valence-electron chi connectivity index (χ0n) is 11.7. The molecule has 5 nitrogen and oxygen atoms in total. The molecule has 2 aliphatic rings. The third kappa shape index (κ3) is 2.39. The summed E-state index contributed by atoms with van der Waals surface area (Å²) in [5.74, 6) is 2.46. The van der Waals surface area contributed by atoms with Gasteiger partial charge in [-0.15, -0.1) is 0 Å². The molecule has 1 aromatic rings. The first-order valence-electron chi connectivity index (χ1n) is 7.19. The molecule has 3 heterocycles. The quantitative estimate of drug-likeness (QED) is 0.897. The first-order valence-corrected chi connectivity index (χ1v) is 7.19. The van der Waals surface area contributed by atoms with Gasteiger partial charge in [0.15, 0.2) is 0 Å². The normalized spacial score (nSPS) is 29.6. The van der Waals surface area contributed by atoms with Crippen LogP contribution in [0.2, 0.25) is 0 Å². The van der Waals surface area contributed by atoms with Crippen molar-refractivity contribution in [3.05, 3.63) is 11.9 Å². The summed E-state index contributed by atoms with van der Waals surface area (Å²) < 4.78 is 5.53. The second-order valence-corrected chi connectivity index (χ2v) is 5.57. The zero-order valence-corrected chi connectivity index (χ0v) is 11.7. The molecular weight excluding hydrogens is 240 g/mol. The maximum absolute atomic E-state index is 6.12. The summed E-state index contributed by atoms with van der Waals surface area (Å²) in [7, 11) is 0. The minimum atomic E-state index is 0.350. The van der Waals surface area contributed by atoms with Crippen molar-refractivity contribution in [3.8, 4) is 5.88 Å². The van der Waals surface area contributed by atoms with Gasteiger partial charge in [-0.25, -0.2) is 4.98 Å². The Labute approximate surface area is 114 Å². The van der Waals surface area contributed by atoms with E-state index in [4.69, 9.17) is 10.5 Å². The van der Waals surface area contributed by atoms with E-state index < -0.39 is 0 Å². The number of nitrogens with two attached hydrogens (primary N) is 1. The summed E-state index contributed by atoms with van der Waals surface area (Å²) in [5.41, 5.74) is 6.12. The highest BCUT2D eigenvalue weighted by Gasteiger charge is 2.40. The van der Waals surface area contributed by atoms with Gasteiger partial charge in [-0.2, -0.15) is 4.98 Å². The molecular formula is C14H22N4O. The number of ether oxygens (including phenoxy) is 1. The van der Waals surface area contributed by atoms with E-state index >= 15 is 0 Å². The molecule has 0 saturated carbocycles. The lowest BCUT2D eigenvalue weighted by Crippen LogP contribution is -2.48. The van der Waals surface area contributed by atoms with Crippen molar-refractivity contribution in [1.29, 1.82) is 0 Å². The lowest BCUT2D eigenvalue weighted by Gasteiger charge is -2.38. The summed E-state index contributed by atoms with van der Waals surface area (Å²) in [6, 6.07) is 3.40. The number of fused-ring (bicyclic) bond motifs is 2. The van der Waals surface area contributed by atoms with Crippen molar-refractivity contribution < 1.29 is 4.74 Å². The Morgan fingerprint density at radius 1 is 1.32 bits per heavy atom. The number of nitrogens with zero attached hydrogens (tertiary/aromatic N) is 3. The SMILES string of the molecule is CCOc1cc(N2C3CCC2CC(N)C3)nc(C)n1. The van der Waals surface area contributed by atoms with Gasteiger partial charge < -0.3 is 15.4 Å². The van der Waals surface area contributed by atoms with Gasteiger partial charge >= 0.3 is 0 Å². The Morgan fingerprint density at radius 3 is 2.63 bits per heavy atom. The molecule has 0 radical (unpaired) electrons. The van der Waals surface area contributed by atoms with Crippen LogP contribution in [-0.2, 0) is 0 Å². The summed E-state index contributed by atoms with van der Waals surface area (Å²) in [6.07, 6.45) is 4.60. The Hall–Kier alpha value is -1.36. The molecule has 0 aliphatic carbocycles. The standard InChI is InChI=1S/C14H22N4O/c1-3-19-14-8-13(16-9(2)17-14)18-11-4-5-12(18)7-10(15)6-11/h8,10-12H,3-7,15H2,1-2H3. The largest absolute Gasteiger partial charge is 0.478 e. The van der Waals surface area contributed by atoms with Crippen molar-refractivity contribution in [2.75, 3.05) is 11.5 Å². The summed E-state index contributed by atoms with van der Waals surface area (Å²) in [5, 5.41) is 0. The molecule has 0 spiro atoms. The number of aromatic nitrogens is 2. The molecule has 2 aliphatic heterocycles. The Kier molecular flexibility index (Phi) is 3.31. The van der Waals surface area contributed by atoms with E-state index in [1.54, 1.807) is 0 Å². The number of anilines is 1. The second-order valence-electron chi connectivity index (χ2n) is 5.57. The van der Waals surface area contributed by atoms with Gasteiger partial charge in [-0.3, -0.25) is 0 Å². The van der Waals surface area contributed by atoms with Crippen LogP contribution in [0, 0.1) is 6.92 Å². The molecule has 1 aromatic heterocycles. The fourth-order valence-electron chi connectivity index (χ4n) is 3.47. The molecule has 2 saturated heterocycles. The molecule has 2 atom stereocenters. The van der Waals surface area contributed by atoms with Gasteiger partial charge in [0.05, 0.1) is 6.61 Å². The number of aryl methyl sites for hydroxylation is 1. The minimum Gasteiger partial charge on any atom is -0.478 e. The average Bonchev–Trinajstić information content (AvgIpc) is 2.61. The fourth-order valence-corrected chi connectivity index (χ4v) is 3.47. The van der Waals surface area contributed by atoms with Crippen molar-refractivity contribution in [2.24, 2.45) is 5.73 Å². The lowest BCUT2D eigenvalue weighted by atomic mass is 9.98. The van der Waals surface area contributed by atoms with E-state index in [0.717, 1.165) is 24.5 Å². The fraction of sp³-hybridized carbons (Fsp3) is 0.714. The predicted octanol–water partition coefficient (Wildman–Crippen LogP) is 1.64. The van der Waals surface area contributed by atoms with Crippen LogP contribution in [0.25, 0.3) is 0 Å². The van der Waals surface area contributed by atoms with Gasteiger partial charge in [0.1, 0.15) is 11.6 Å². The molecule has 104 valence electrons. The Bertz CT molecular complexity index is 451. The average molecular weight is 262 g/mol. The first-order chi connectivity index (χ1) is 9.17. The molecule has 0 aromatic carbocycles. The number of hydrogen-bond acceptors (Lipinski definition) is 5. The summed E-state index contributed by atoms with van der Waals surface area (Å²) >= 11 is 0. The Balaban J connectivity index is 1.90. The molecule has 2 N–H and O–H groups in total. The molecule has 0 amide bonds. The van der Waals surface area contributed by atoms with E-state index in [1.807, 2.05) is 19.9 Å². The maximum atomic E-state index is 6.12. The number of piperidine rings is 1. The van der Waals surface area contributed by atoms with E-state index in [9.17, 15) is 0 Å². The summed E-state index contributed by atoms with van der Waals surface area (Å²) in [6.45, 7) is 4.53. The zero-order chi connectivity index (χ0) is 13.4. The van der Waals surface area contributed by atoms with E-state index in [2.05, 4.69) is 14.9 Å². The topological polar surface area (TPSA) is 64.3 Å². The smallest absolute Gasteiger partial charge is 0.218 e. The van der Waals surface area contributed by atoms with Crippen LogP contribution in [0.1, 0.15) is 38.4 Å². The van der Waals surface area contributed by atoms with Crippen LogP contribution in [-0.4, -0.2) is 34.7 Å². The maximum Gasteiger partial charge on any atom is 0.218 e. The van der Waals surface area contributed by atoms with Crippen LogP contribution >= 0.6 is 0 Å². The minimum absolute atomic E-state index is 0.350. The van der Waals surface area contributed by atoms with Crippen molar-refractivity contribution in [1.82, 2.24) is 9.97 Å². The Morgan fingerprint density at radius 2 is 2.00 bits per heavy atom. The second kappa shape index (κ2) is 4.96. The monoisotopic (exact) mass is 262 g/mol. The lowest BCUT2D eigenvalue weighted by molar-refractivity contribution is 0.324. The predicted molar refractivity (Wildman–Crippen MR) is 74.4 cm³/mol. The third-order valence-electron chi connectivity index (χ3n) is 4.13. The molecule has 2 unspecified atom stereocenters.